The summed E-state index contributed by atoms with van der Waals surface area (Å²) >= 11 is 0. The molecule has 0 saturated carbocycles. The van der Waals surface area contributed by atoms with Crippen molar-refractivity contribution in [3.8, 4) is 0 Å². The van der Waals surface area contributed by atoms with E-state index < -0.39 is 97.5 Å². The predicted molar refractivity (Wildman–Crippen MR) is 400 cm³/mol. The molecule has 582 valence electrons. The minimum Gasteiger partial charge on any atom is -0.462 e. The van der Waals surface area contributed by atoms with Crippen molar-refractivity contribution >= 4 is 39.5 Å². The van der Waals surface area contributed by atoms with Gasteiger partial charge in [-0.05, 0) is 49.4 Å². The summed E-state index contributed by atoms with van der Waals surface area (Å²) < 4.78 is 68.5. The summed E-state index contributed by atoms with van der Waals surface area (Å²) in [7, 11) is -9.91. The number of hydrogen-bond acceptors (Lipinski definition) is 15. The average Bonchev–Trinajstić information content (AvgIpc) is 0.925. The van der Waals surface area contributed by atoms with E-state index in [-0.39, 0.29) is 25.7 Å². The first-order valence-electron chi connectivity index (χ1n) is 40.7. The Labute approximate surface area is 600 Å². The summed E-state index contributed by atoms with van der Waals surface area (Å²) in [5.74, 6) is 0.929. The lowest BCUT2D eigenvalue weighted by atomic mass is 9.99. The van der Waals surface area contributed by atoms with Crippen LogP contribution in [0.15, 0.2) is 0 Å². The van der Waals surface area contributed by atoms with Crippen LogP contribution >= 0.6 is 15.6 Å². The highest BCUT2D eigenvalue weighted by atomic mass is 31.2. The highest BCUT2D eigenvalue weighted by Gasteiger charge is 2.30. The van der Waals surface area contributed by atoms with Crippen molar-refractivity contribution in [2.75, 3.05) is 39.6 Å². The highest BCUT2D eigenvalue weighted by molar-refractivity contribution is 7.47. The molecule has 0 radical (unpaired) electrons. The number of esters is 4. The molecule has 0 aromatic rings. The van der Waals surface area contributed by atoms with Crippen LogP contribution in [0.2, 0.25) is 0 Å². The summed E-state index contributed by atoms with van der Waals surface area (Å²) in [6.45, 7) is 14.2. The van der Waals surface area contributed by atoms with Crippen LogP contribution in [-0.4, -0.2) is 96.7 Å². The number of ether oxygens (including phenoxy) is 4. The van der Waals surface area contributed by atoms with Gasteiger partial charge in [-0.3, -0.25) is 37.3 Å². The van der Waals surface area contributed by atoms with Gasteiger partial charge in [0, 0.05) is 25.7 Å². The van der Waals surface area contributed by atoms with E-state index >= 15 is 0 Å². The molecule has 0 aromatic heterocycles. The average molecular weight is 1440 g/mol. The number of aliphatic hydroxyl groups is 1. The van der Waals surface area contributed by atoms with E-state index in [1.165, 1.54) is 193 Å². The standard InChI is InChI=1S/C79H154O17P2/c1-9-72(8)58-50-42-33-27-23-19-14-12-10-11-13-15-20-24-28-34-45-53-61-78(83)95-74(65-89-76(81)59-51-43-36-30-32-40-48-56-70(4)5)67-93-97(85,86)91-63-73(80)64-92-98(87,88)94-68-75(66-90-77(82)60-52-44-38-37-41-49-57-71(6)7)96-79(84)62-54-46-35-29-25-21-17-16-18-22-26-31-39-47-55-69(2)3/h69-75,80H,9-68H2,1-8H3,(H,85,86)(H,87,88)/t72?,73-,74-,75-/m1/s1. The summed E-state index contributed by atoms with van der Waals surface area (Å²) in [6.07, 6.45) is 54.5. The van der Waals surface area contributed by atoms with Crippen LogP contribution in [0.4, 0.5) is 0 Å². The van der Waals surface area contributed by atoms with Crippen LogP contribution in [0.1, 0.15) is 402 Å². The van der Waals surface area contributed by atoms with E-state index in [9.17, 15) is 43.2 Å². The number of carbonyl (C=O) groups is 4. The van der Waals surface area contributed by atoms with Gasteiger partial charge < -0.3 is 33.8 Å². The van der Waals surface area contributed by atoms with Crippen LogP contribution in [0, 0.1) is 23.7 Å². The van der Waals surface area contributed by atoms with Crippen molar-refractivity contribution in [2.45, 2.75) is 420 Å². The molecule has 0 fully saturated rings. The number of phosphoric ester groups is 2. The molecule has 3 N–H and O–H groups in total. The fraction of sp³-hybridized carbons (Fsp3) is 0.949. The zero-order valence-corrected chi connectivity index (χ0v) is 66.2. The second kappa shape index (κ2) is 68.2. The minimum absolute atomic E-state index is 0.106. The van der Waals surface area contributed by atoms with Crippen LogP contribution in [0.5, 0.6) is 0 Å². The first-order valence-corrected chi connectivity index (χ1v) is 43.7. The van der Waals surface area contributed by atoms with E-state index in [0.29, 0.717) is 37.5 Å². The zero-order valence-electron chi connectivity index (χ0n) is 64.4. The Morgan fingerprint density at radius 2 is 0.490 bits per heavy atom. The molecule has 6 atom stereocenters. The van der Waals surface area contributed by atoms with Crippen molar-refractivity contribution in [1.29, 1.82) is 0 Å². The molecule has 19 heteroatoms. The minimum atomic E-state index is -4.96. The summed E-state index contributed by atoms with van der Waals surface area (Å²) in [6, 6.07) is 0. The van der Waals surface area contributed by atoms with Crippen molar-refractivity contribution in [3.05, 3.63) is 0 Å². The number of unbranched alkanes of at least 4 members (excludes halogenated alkanes) is 41. The Morgan fingerprint density at radius 3 is 0.724 bits per heavy atom. The monoisotopic (exact) mass is 1440 g/mol. The van der Waals surface area contributed by atoms with Gasteiger partial charge in [0.2, 0.25) is 0 Å². The molecule has 0 amide bonds. The topological polar surface area (TPSA) is 237 Å². The van der Waals surface area contributed by atoms with E-state index in [0.717, 1.165) is 115 Å². The largest absolute Gasteiger partial charge is 0.472 e. The van der Waals surface area contributed by atoms with Gasteiger partial charge in [-0.1, -0.05) is 351 Å². The molecular weight excluding hydrogens is 1280 g/mol. The fourth-order valence-corrected chi connectivity index (χ4v) is 13.6. The Bertz CT molecular complexity index is 1920. The lowest BCUT2D eigenvalue weighted by Crippen LogP contribution is -2.30. The van der Waals surface area contributed by atoms with Crippen LogP contribution in [-0.2, 0) is 65.4 Å². The predicted octanol–water partition coefficient (Wildman–Crippen LogP) is 23.2. The van der Waals surface area contributed by atoms with Gasteiger partial charge >= 0.3 is 39.5 Å². The third-order valence-electron chi connectivity index (χ3n) is 18.7. The maximum atomic E-state index is 13.1. The number of phosphoric acid groups is 2. The zero-order chi connectivity index (χ0) is 72.4. The Kier molecular flexibility index (Phi) is 66.8. The normalized spacial score (nSPS) is 14.3. The maximum Gasteiger partial charge on any atom is 0.472 e. The van der Waals surface area contributed by atoms with Gasteiger partial charge in [-0.25, -0.2) is 9.13 Å². The smallest absolute Gasteiger partial charge is 0.462 e. The van der Waals surface area contributed by atoms with Crippen molar-refractivity contribution in [3.63, 3.8) is 0 Å². The number of aliphatic hydroxyl groups excluding tert-OH is 1. The molecule has 0 rings (SSSR count). The fourth-order valence-electron chi connectivity index (χ4n) is 12.0. The first kappa shape index (κ1) is 96.1. The molecule has 0 aliphatic heterocycles. The molecule has 0 saturated heterocycles. The number of carbonyl (C=O) groups excluding carboxylic acids is 4. The molecule has 0 aliphatic rings. The number of hydrogen-bond donors (Lipinski definition) is 3. The lowest BCUT2D eigenvalue weighted by molar-refractivity contribution is -0.161. The van der Waals surface area contributed by atoms with Crippen LogP contribution in [0.3, 0.4) is 0 Å². The van der Waals surface area contributed by atoms with Crippen LogP contribution < -0.4 is 0 Å². The van der Waals surface area contributed by atoms with Gasteiger partial charge in [0.1, 0.15) is 19.3 Å². The molecule has 0 aliphatic carbocycles. The number of rotatable bonds is 76. The Hall–Kier alpha value is -1.94. The van der Waals surface area contributed by atoms with E-state index in [1.807, 2.05) is 0 Å². The Balaban J connectivity index is 5.15. The van der Waals surface area contributed by atoms with E-state index in [4.69, 9.17) is 37.0 Å². The third kappa shape index (κ3) is 71.1. The second-order valence-corrected chi connectivity index (χ2v) is 33.0. The van der Waals surface area contributed by atoms with Crippen LogP contribution in [0.25, 0.3) is 0 Å². The van der Waals surface area contributed by atoms with E-state index in [1.54, 1.807) is 0 Å². The lowest BCUT2D eigenvalue weighted by Gasteiger charge is -2.21. The molecule has 0 spiro atoms. The van der Waals surface area contributed by atoms with Gasteiger partial charge in [0.15, 0.2) is 12.2 Å². The summed E-state index contributed by atoms with van der Waals surface area (Å²) in [5, 5.41) is 10.6. The summed E-state index contributed by atoms with van der Waals surface area (Å²) in [5.41, 5.74) is 0. The summed E-state index contributed by atoms with van der Waals surface area (Å²) in [4.78, 5) is 72.8. The first-order chi connectivity index (χ1) is 47.1. The SMILES string of the molecule is CCC(C)CCCCCCCCCCCCCCCCCCCCC(=O)O[C@H](COC(=O)CCCCCCCCCC(C)C)COP(=O)(O)OC[C@@H](O)COP(=O)(O)OC[C@@H](COC(=O)CCCCCCCCC(C)C)OC(=O)CCCCCCCCCCCCCCCCC(C)C. The molecule has 0 heterocycles. The molecular formula is C79H154O17P2. The second-order valence-electron chi connectivity index (χ2n) is 30.1. The van der Waals surface area contributed by atoms with E-state index in [2.05, 4.69) is 55.4 Å². The van der Waals surface area contributed by atoms with Crippen molar-refractivity contribution in [1.82, 2.24) is 0 Å². The van der Waals surface area contributed by atoms with Gasteiger partial charge in [-0.2, -0.15) is 0 Å². The van der Waals surface area contributed by atoms with Crippen molar-refractivity contribution in [2.24, 2.45) is 23.7 Å². The molecule has 0 aromatic carbocycles. The highest BCUT2D eigenvalue weighted by Crippen LogP contribution is 2.45. The molecule has 3 unspecified atom stereocenters. The molecule has 0 bridgehead atoms. The molecule has 17 nitrogen and oxygen atoms in total. The van der Waals surface area contributed by atoms with Crippen molar-refractivity contribution < 1.29 is 80.2 Å². The molecule has 98 heavy (non-hydrogen) atoms. The quantitative estimate of drug-likeness (QED) is 0.0222. The maximum absolute atomic E-state index is 13.1. The Morgan fingerprint density at radius 1 is 0.286 bits per heavy atom. The van der Waals surface area contributed by atoms with Gasteiger partial charge in [-0.15, -0.1) is 0 Å². The van der Waals surface area contributed by atoms with Gasteiger partial charge in [0.05, 0.1) is 26.4 Å². The van der Waals surface area contributed by atoms with Gasteiger partial charge in [0.25, 0.3) is 0 Å². The third-order valence-corrected chi connectivity index (χ3v) is 20.6.